The van der Waals surface area contributed by atoms with Gasteiger partial charge in [-0.1, -0.05) is 13.0 Å². The average molecular weight is 348 g/mol. The number of nitrogens with zero attached hydrogens (tertiary/aromatic N) is 1. The van der Waals surface area contributed by atoms with Crippen LogP contribution in [0, 0.1) is 5.92 Å². The normalized spacial score (nSPS) is 17.0. The van der Waals surface area contributed by atoms with Crippen LogP contribution in [0.5, 0.6) is 0 Å². The van der Waals surface area contributed by atoms with Gasteiger partial charge in [-0.3, -0.25) is 9.69 Å². The third kappa shape index (κ3) is 6.03. The summed E-state index contributed by atoms with van der Waals surface area (Å²) in [6.45, 7) is 7.44. The number of hydrogen-bond acceptors (Lipinski definition) is 3. The molecule has 1 aliphatic heterocycles. The van der Waals surface area contributed by atoms with E-state index in [0.29, 0.717) is 23.8 Å². The maximum absolute atomic E-state index is 12.1. The van der Waals surface area contributed by atoms with Crippen LogP contribution in [0.15, 0.2) is 24.3 Å². The molecule has 1 aliphatic rings. The lowest BCUT2D eigenvalue weighted by molar-refractivity contribution is 0.0922. The molecule has 126 valence electrons. The smallest absolute Gasteiger partial charge is 0.251 e. The van der Waals surface area contributed by atoms with E-state index in [-0.39, 0.29) is 30.7 Å². The fraction of sp³-hybridized carbons (Fsp3) is 0.562. The maximum Gasteiger partial charge on any atom is 0.251 e. The van der Waals surface area contributed by atoms with Gasteiger partial charge in [-0.25, -0.2) is 0 Å². The Morgan fingerprint density at radius 2 is 2.00 bits per heavy atom. The molecular formula is C16H27Cl2N3O. The molecular weight excluding hydrogens is 321 g/mol. The number of nitrogens with one attached hydrogen (secondary N) is 1. The van der Waals surface area contributed by atoms with Gasteiger partial charge in [0, 0.05) is 23.8 Å². The van der Waals surface area contributed by atoms with Crippen LogP contribution >= 0.6 is 24.8 Å². The lowest BCUT2D eigenvalue weighted by Crippen LogP contribution is -2.45. The number of piperidine rings is 1. The van der Waals surface area contributed by atoms with Crippen LogP contribution in [0.1, 0.15) is 37.0 Å². The minimum absolute atomic E-state index is 0. The molecule has 22 heavy (non-hydrogen) atoms. The Morgan fingerprint density at radius 1 is 1.36 bits per heavy atom. The van der Waals surface area contributed by atoms with Gasteiger partial charge in [0.25, 0.3) is 5.91 Å². The molecule has 1 aromatic rings. The topological polar surface area (TPSA) is 58.4 Å². The van der Waals surface area contributed by atoms with Crippen LogP contribution in [-0.4, -0.2) is 36.5 Å². The van der Waals surface area contributed by atoms with Crippen molar-refractivity contribution in [1.82, 2.24) is 10.2 Å². The van der Waals surface area contributed by atoms with Crippen molar-refractivity contribution in [2.75, 3.05) is 25.4 Å². The molecule has 1 saturated heterocycles. The molecule has 6 heteroatoms. The van der Waals surface area contributed by atoms with E-state index >= 15 is 0 Å². The van der Waals surface area contributed by atoms with Gasteiger partial charge in [0.1, 0.15) is 0 Å². The maximum atomic E-state index is 12.1. The quantitative estimate of drug-likeness (QED) is 0.823. The largest absolute Gasteiger partial charge is 0.399 e. The number of carbonyl (C=O) groups excluding carboxylic acids is 1. The highest BCUT2D eigenvalue weighted by molar-refractivity contribution is 5.94. The molecule has 0 spiro atoms. The average Bonchev–Trinajstić information content (AvgIpc) is 2.45. The third-order valence-electron chi connectivity index (χ3n) is 4.15. The van der Waals surface area contributed by atoms with Crippen molar-refractivity contribution in [3.63, 3.8) is 0 Å². The summed E-state index contributed by atoms with van der Waals surface area (Å²) in [6.07, 6.45) is 2.51. The SMILES string of the molecule is CC1CCN(C(C)CNC(=O)c2cccc(N)c2)CC1.Cl.Cl. The number of nitrogen functional groups attached to an aromatic ring is 1. The zero-order valence-electron chi connectivity index (χ0n) is 13.2. The molecule has 3 N–H and O–H groups in total. The first-order valence-corrected chi connectivity index (χ1v) is 7.44. The first-order chi connectivity index (χ1) is 9.56. The predicted molar refractivity (Wildman–Crippen MR) is 97.1 cm³/mol. The predicted octanol–water partition coefficient (Wildman–Crippen LogP) is 2.96. The Bertz CT molecular complexity index is 462. The molecule has 0 saturated carbocycles. The molecule has 0 aliphatic carbocycles. The number of rotatable bonds is 4. The molecule has 1 unspecified atom stereocenters. The van der Waals surface area contributed by atoms with E-state index < -0.39 is 0 Å². The zero-order chi connectivity index (χ0) is 14.5. The van der Waals surface area contributed by atoms with Crippen molar-refractivity contribution in [2.45, 2.75) is 32.7 Å². The molecule has 1 fully saturated rings. The van der Waals surface area contributed by atoms with E-state index in [1.54, 1.807) is 24.3 Å². The molecule has 2 rings (SSSR count). The summed E-state index contributed by atoms with van der Waals surface area (Å²) in [5.41, 5.74) is 6.94. The second-order valence-electron chi connectivity index (χ2n) is 5.90. The van der Waals surface area contributed by atoms with Crippen LogP contribution in [0.2, 0.25) is 0 Å². The number of halogens is 2. The van der Waals surface area contributed by atoms with Gasteiger partial charge in [-0.05, 0) is 57.0 Å². The van der Waals surface area contributed by atoms with Gasteiger partial charge in [0.2, 0.25) is 0 Å². The summed E-state index contributed by atoms with van der Waals surface area (Å²) >= 11 is 0. The van der Waals surface area contributed by atoms with Crippen molar-refractivity contribution in [1.29, 1.82) is 0 Å². The Kier molecular flexibility index (Phi) is 9.49. The Balaban J connectivity index is 0.00000220. The molecule has 1 atom stereocenters. The summed E-state index contributed by atoms with van der Waals surface area (Å²) in [4.78, 5) is 14.5. The van der Waals surface area contributed by atoms with Crippen LogP contribution in [0.3, 0.4) is 0 Å². The second-order valence-corrected chi connectivity index (χ2v) is 5.90. The first kappa shape index (κ1) is 21.0. The highest BCUT2D eigenvalue weighted by atomic mass is 35.5. The van der Waals surface area contributed by atoms with Gasteiger partial charge >= 0.3 is 0 Å². The van der Waals surface area contributed by atoms with E-state index in [4.69, 9.17) is 5.73 Å². The summed E-state index contributed by atoms with van der Waals surface area (Å²) in [6, 6.07) is 7.47. The summed E-state index contributed by atoms with van der Waals surface area (Å²) in [7, 11) is 0. The van der Waals surface area contributed by atoms with E-state index in [2.05, 4.69) is 24.1 Å². The molecule has 1 amide bonds. The molecule has 0 aromatic heterocycles. The number of nitrogens with two attached hydrogens (primary N) is 1. The van der Waals surface area contributed by atoms with Crippen LogP contribution in [-0.2, 0) is 0 Å². The van der Waals surface area contributed by atoms with Crippen LogP contribution < -0.4 is 11.1 Å². The highest BCUT2D eigenvalue weighted by Gasteiger charge is 2.20. The highest BCUT2D eigenvalue weighted by Crippen LogP contribution is 2.17. The minimum atomic E-state index is -0.0467. The summed E-state index contributed by atoms with van der Waals surface area (Å²) < 4.78 is 0. The number of carbonyl (C=O) groups is 1. The van der Waals surface area contributed by atoms with Gasteiger partial charge in [0.15, 0.2) is 0 Å². The van der Waals surface area contributed by atoms with Crippen molar-refractivity contribution in [2.24, 2.45) is 5.92 Å². The van der Waals surface area contributed by atoms with Gasteiger partial charge in [-0.2, -0.15) is 0 Å². The molecule has 1 aromatic carbocycles. The van der Waals surface area contributed by atoms with Crippen molar-refractivity contribution >= 4 is 36.4 Å². The number of anilines is 1. The lowest BCUT2D eigenvalue weighted by Gasteiger charge is -2.35. The van der Waals surface area contributed by atoms with Gasteiger partial charge in [0.05, 0.1) is 0 Å². The Hall–Kier alpha value is -0.970. The van der Waals surface area contributed by atoms with Gasteiger partial charge < -0.3 is 11.1 Å². The molecule has 1 heterocycles. The van der Waals surface area contributed by atoms with Crippen LogP contribution in [0.25, 0.3) is 0 Å². The lowest BCUT2D eigenvalue weighted by atomic mass is 9.98. The first-order valence-electron chi connectivity index (χ1n) is 7.44. The number of amides is 1. The Labute approximate surface area is 145 Å². The van der Waals surface area contributed by atoms with E-state index in [0.717, 1.165) is 19.0 Å². The molecule has 0 radical (unpaired) electrons. The van der Waals surface area contributed by atoms with Gasteiger partial charge in [-0.15, -0.1) is 24.8 Å². The zero-order valence-corrected chi connectivity index (χ0v) is 14.9. The molecule has 4 nitrogen and oxygen atoms in total. The number of likely N-dealkylation sites (tertiary alicyclic amines) is 1. The second kappa shape index (κ2) is 9.93. The fourth-order valence-corrected chi connectivity index (χ4v) is 2.62. The van der Waals surface area contributed by atoms with Crippen molar-refractivity contribution in [3.8, 4) is 0 Å². The number of hydrogen-bond donors (Lipinski definition) is 2. The summed E-state index contributed by atoms with van der Waals surface area (Å²) in [5.74, 6) is 0.787. The van der Waals surface area contributed by atoms with Crippen molar-refractivity contribution < 1.29 is 4.79 Å². The molecule has 0 bridgehead atoms. The van der Waals surface area contributed by atoms with E-state index in [9.17, 15) is 4.79 Å². The number of benzene rings is 1. The fourth-order valence-electron chi connectivity index (χ4n) is 2.62. The van der Waals surface area contributed by atoms with E-state index in [1.807, 2.05) is 0 Å². The van der Waals surface area contributed by atoms with E-state index in [1.165, 1.54) is 12.8 Å². The standard InChI is InChI=1S/C16H25N3O.2ClH/c1-12-6-8-19(9-7-12)13(2)11-18-16(20)14-4-3-5-15(17)10-14;;/h3-5,10,12-13H,6-9,11,17H2,1-2H3,(H,18,20);2*1H. The van der Waals surface area contributed by atoms with Crippen molar-refractivity contribution in [3.05, 3.63) is 29.8 Å². The Morgan fingerprint density at radius 3 is 2.59 bits per heavy atom. The minimum Gasteiger partial charge on any atom is -0.399 e. The monoisotopic (exact) mass is 347 g/mol. The summed E-state index contributed by atoms with van der Waals surface area (Å²) in [5, 5.41) is 3.00. The third-order valence-corrected chi connectivity index (χ3v) is 4.15. The van der Waals surface area contributed by atoms with Crippen LogP contribution in [0.4, 0.5) is 5.69 Å².